The molecule has 1 N–H and O–H groups in total. The Morgan fingerprint density at radius 3 is 2.44 bits per heavy atom. The first-order valence-corrected chi connectivity index (χ1v) is 12.0. The molecule has 0 unspecified atom stereocenters. The topological polar surface area (TPSA) is 94.6 Å². The van der Waals surface area contributed by atoms with Crippen LogP contribution >= 0.6 is 0 Å². The number of Topliss-reactive ketones (excluding diaryl/α,β-unsaturated/α-hetero) is 1. The van der Waals surface area contributed by atoms with Crippen molar-refractivity contribution in [3.05, 3.63) is 95.6 Å². The zero-order chi connectivity index (χ0) is 25.7. The monoisotopic (exact) mass is 486 g/mol. The molecule has 7 heteroatoms. The average Bonchev–Trinajstić information content (AvgIpc) is 3.50. The van der Waals surface area contributed by atoms with Gasteiger partial charge in [0.2, 0.25) is 5.89 Å². The molecule has 4 aromatic rings. The molecule has 4 rings (SSSR count). The number of rotatable bonds is 11. The number of nitrogens with zero attached hydrogens (tertiary/aromatic N) is 2. The third-order valence-corrected chi connectivity index (χ3v) is 6.04. The summed E-state index contributed by atoms with van der Waals surface area (Å²) in [4.78, 5) is 28.8. The molecular weight excluding hydrogens is 456 g/mol. The van der Waals surface area contributed by atoms with Gasteiger partial charge in [0.05, 0.1) is 12.3 Å². The van der Waals surface area contributed by atoms with Crippen molar-refractivity contribution in [2.24, 2.45) is 5.92 Å². The predicted molar refractivity (Wildman–Crippen MR) is 136 cm³/mol. The Morgan fingerprint density at radius 1 is 1.06 bits per heavy atom. The summed E-state index contributed by atoms with van der Waals surface area (Å²) in [5, 5.41) is 9.78. The first-order chi connectivity index (χ1) is 17.3. The van der Waals surface area contributed by atoms with Gasteiger partial charge in [-0.2, -0.15) is 0 Å². The van der Waals surface area contributed by atoms with Crippen LogP contribution in [0.2, 0.25) is 0 Å². The minimum absolute atomic E-state index is 0.00325. The van der Waals surface area contributed by atoms with Crippen molar-refractivity contribution in [2.45, 2.75) is 39.7 Å². The average molecular weight is 487 g/mol. The van der Waals surface area contributed by atoms with E-state index in [0.29, 0.717) is 36.7 Å². The summed E-state index contributed by atoms with van der Waals surface area (Å²) in [6, 6.07) is 18.0. The summed E-state index contributed by atoms with van der Waals surface area (Å²) in [5.74, 6) is 0.972. The van der Waals surface area contributed by atoms with Gasteiger partial charge in [0.15, 0.2) is 5.78 Å². The molecule has 2 aromatic carbocycles. The zero-order valence-corrected chi connectivity index (χ0v) is 20.7. The lowest BCUT2D eigenvalue weighted by atomic mass is 10.0. The maximum absolute atomic E-state index is 12.2. The number of hydrogen-bond donors (Lipinski definition) is 1. The van der Waals surface area contributed by atoms with E-state index in [-0.39, 0.29) is 11.7 Å². The third-order valence-electron chi connectivity index (χ3n) is 6.04. The number of carboxylic acid groups (broad SMARTS) is 1. The van der Waals surface area contributed by atoms with Crippen LogP contribution in [0.5, 0.6) is 5.75 Å². The highest BCUT2D eigenvalue weighted by Crippen LogP contribution is 2.23. The largest absolute Gasteiger partial charge is 0.493 e. The van der Waals surface area contributed by atoms with Crippen molar-refractivity contribution < 1.29 is 23.8 Å². The summed E-state index contributed by atoms with van der Waals surface area (Å²) >= 11 is 0. The van der Waals surface area contributed by atoms with E-state index in [9.17, 15) is 14.7 Å². The fourth-order valence-corrected chi connectivity index (χ4v) is 3.98. The number of aromatic nitrogens is 2. The lowest BCUT2D eigenvalue weighted by Crippen LogP contribution is -2.20. The first-order valence-electron chi connectivity index (χ1n) is 12.0. The minimum atomic E-state index is -0.952. The van der Waals surface area contributed by atoms with Crippen LogP contribution < -0.4 is 4.74 Å². The molecular formula is C29H30N2O5. The van der Waals surface area contributed by atoms with E-state index in [2.05, 4.69) is 4.98 Å². The number of carbonyl (C=O) groups is 2. The summed E-state index contributed by atoms with van der Waals surface area (Å²) < 4.78 is 13.3. The molecule has 2 heterocycles. The van der Waals surface area contributed by atoms with E-state index in [1.165, 1.54) is 0 Å². The second-order valence-electron chi connectivity index (χ2n) is 9.05. The van der Waals surface area contributed by atoms with E-state index in [1.54, 1.807) is 23.0 Å². The predicted octanol–water partition coefficient (Wildman–Crippen LogP) is 5.78. The van der Waals surface area contributed by atoms with Crippen LogP contribution in [0.4, 0.5) is 0 Å². The van der Waals surface area contributed by atoms with Crippen molar-refractivity contribution in [3.63, 3.8) is 0 Å². The van der Waals surface area contributed by atoms with Crippen molar-refractivity contribution in [1.29, 1.82) is 0 Å². The Kier molecular flexibility index (Phi) is 7.68. The van der Waals surface area contributed by atoms with Gasteiger partial charge in [-0.25, -0.2) is 9.78 Å². The number of oxazole rings is 1. The molecule has 36 heavy (non-hydrogen) atoms. The quantitative estimate of drug-likeness (QED) is 0.270. The van der Waals surface area contributed by atoms with Crippen molar-refractivity contribution >= 4 is 11.8 Å². The van der Waals surface area contributed by atoms with Crippen LogP contribution in [-0.2, 0) is 17.6 Å². The Morgan fingerprint density at radius 2 is 1.78 bits per heavy atom. The molecule has 0 saturated carbocycles. The summed E-state index contributed by atoms with van der Waals surface area (Å²) in [6.07, 6.45) is 4.17. The fraction of sp³-hybridized carbons (Fsp3) is 0.276. The maximum atomic E-state index is 12.2. The highest BCUT2D eigenvalue weighted by atomic mass is 16.5. The van der Waals surface area contributed by atoms with E-state index in [4.69, 9.17) is 9.15 Å². The summed E-state index contributed by atoms with van der Waals surface area (Å²) in [7, 11) is 0. The second kappa shape index (κ2) is 11.1. The number of carboxylic acids is 1. The summed E-state index contributed by atoms with van der Waals surface area (Å²) in [6.45, 7) is 5.99. The fourth-order valence-electron chi connectivity index (χ4n) is 3.98. The normalized spacial score (nSPS) is 12.0. The van der Waals surface area contributed by atoms with Crippen molar-refractivity contribution in [3.8, 4) is 17.2 Å². The molecule has 7 nitrogen and oxygen atoms in total. The standard InChI is InChI=1S/C29H30N2O5/c1-19(2)27(32)23-13-15-31(18-23)26(29(33)34)17-21-9-11-24(12-10-21)35-16-14-25-20(3)36-28(30-25)22-7-5-4-6-8-22/h4-13,15,18-19,26H,14,16-17H2,1-3H3,(H,33,34)/t26-/m0/s1. The second-order valence-corrected chi connectivity index (χ2v) is 9.05. The van der Waals surface area contributed by atoms with Gasteiger partial charge < -0.3 is 18.8 Å². The third kappa shape index (κ3) is 5.92. The van der Waals surface area contributed by atoms with Crippen LogP contribution in [0.3, 0.4) is 0 Å². The SMILES string of the molecule is Cc1oc(-c2ccccc2)nc1CCOc1ccc(C[C@@H](C(=O)O)n2ccc(C(=O)C(C)C)c2)cc1. The van der Waals surface area contributed by atoms with Crippen molar-refractivity contribution in [1.82, 2.24) is 9.55 Å². The van der Waals surface area contributed by atoms with Crippen LogP contribution in [0.1, 0.15) is 47.3 Å². The van der Waals surface area contributed by atoms with E-state index < -0.39 is 12.0 Å². The lowest BCUT2D eigenvalue weighted by Gasteiger charge is -2.15. The first kappa shape index (κ1) is 25.0. The van der Waals surface area contributed by atoms with Gasteiger partial charge in [-0.3, -0.25) is 4.79 Å². The summed E-state index contributed by atoms with van der Waals surface area (Å²) in [5.41, 5.74) is 3.18. The Labute approximate surface area is 210 Å². The van der Waals surface area contributed by atoms with Gasteiger partial charge in [0.25, 0.3) is 0 Å². The van der Waals surface area contributed by atoms with Gasteiger partial charge >= 0.3 is 5.97 Å². The number of aryl methyl sites for hydroxylation is 1. The Hall–Kier alpha value is -4.13. The van der Waals surface area contributed by atoms with Crippen LogP contribution in [0.15, 0.2) is 77.5 Å². The van der Waals surface area contributed by atoms with Gasteiger partial charge in [0.1, 0.15) is 17.6 Å². The molecule has 2 aromatic heterocycles. The lowest BCUT2D eigenvalue weighted by molar-refractivity contribution is -0.140. The molecule has 0 spiro atoms. The molecule has 0 aliphatic rings. The van der Waals surface area contributed by atoms with Gasteiger partial charge in [-0.1, -0.05) is 44.2 Å². The van der Waals surface area contributed by atoms with E-state index in [0.717, 1.165) is 22.6 Å². The smallest absolute Gasteiger partial charge is 0.327 e. The molecule has 0 aliphatic heterocycles. The van der Waals surface area contributed by atoms with Crippen LogP contribution in [0, 0.1) is 12.8 Å². The molecule has 0 fully saturated rings. The molecule has 0 aliphatic carbocycles. The van der Waals surface area contributed by atoms with E-state index in [1.807, 2.05) is 75.4 Å². The Bertz CT molecular complexity index is 1320. The number of hydrogen-bond acceptors (Lipinski definition) is 5. The maximum Gasteiger partial charge on any atom is 0.327 e. The number of aliphatic carboxylic acids is 1. The zero-order valence-electron chi connectivity index (χ0n) is 20.7. The van der Waals surface area contributed by atoms with Gasteiger partial charge in [-0.15, -0.1) is 0 Å². The Balaban J connectivity index is 1.34. The molecule has 0 bridgehead atoms. The van der Waals surface area contributed by atoms with E-state index >= 15 is 0 Å². The molecule has 0 amide bonds. The van der Waals surface area contributed by atoms with Gasteiger partial charge in [-0.05, 0) is 42.8 Å². The van der Waals surface area contributed by atoms with Crippen LogP contribution in [-0.4, -0.2) is 33.0 Å². The highest BCUT2D eigenvalue weighted by molar-refractivity contribution is 5.97. The minimum Gasteiger partial charge on any atom is -0.493 e. The number of ether oxygens (including phenoxy) is 1. The number of carbonyl (C=O) groups excluding carboxylic acids is 1. The van der Waals surface area contributed by atoms with Gasteiger partial charge in [0, 0.05) is 42.3 Å². The number of benzene rings is 2. The molecule has 0 radical (unpaired) electrons. The van der Waals surface area contributed by atoms with Crippen LogP contribution in [0.25, 0.3) is 11.5 Å². The molecule has 1 atom stereocenters. The highest BCUT2D eigenvalue weighted by Gasteiger charge is 2.22. The number of ketones is 1. The molecule has 0 saturated heterocycles. The van der Waals surface area contributed by atoms with Crippen molar-refractivity contribution in [2.75, 3.05) is 6.61 Å². The molecule has 186 valence electrons.